The highest BCUT2D eigenvalue weighted by Gasteiger charge is 2.51. The monoisotopic (exact) mass is 554 g/mol. The molecule has 0 radical (unpaired) electrons. The maximum atomic E-state index is 12.9. The highest BCUT2D eigenvalue weighted by Crippen LogP contribution is 2.29. The van der Waals surface area contributed by atoms with Crippen LogP contribution in [0.4, 0.5) is 9.59 Å². The first-order valence-corrected chi connectivity index (χ1v) is 12.2. The number of rotatable bonds is 11. The standard InChI is InChI=1S/C28H30N2O10/c1-18(31)39-23(15-21(26(33)36-2)29-27(34)37-3)25(40-24(32)14-19-10-6-4-7-11-19)22-16-30(22)28(35)38-17-20-12-8-5-9-13-20/h4-13,15,22-23,25H,14,16-17H2,1-3H3,(H,29,34)/b21-15+/t22-,23+,25+,30?/m0/s1. The van der Waals surface area contributed by atoms with E-state index >= 15 is 0 Å². The second kappa shape index (κ2) is 14.3. The number of hydrogen-bond donors (Lipinski definition) is 1. The number of carbonyl (C=O) groups excluding carboxylic acids is 5. The van der Waals surface area contributed by atoms with Crippen molar-refractivity contribution in [3.05, 3.63) is 83.6 Å². The number of esters is 3. The van der Waals surface area contributed by atoms with Crippen LogP contribution in [0.25, 0.3) is 0 Å². The zero-order valence-corrected chi connectivity index (χ0v) is 22.2. The Morgan fingerprint density at radius 1 is 0.925 bits per heavy atom. The molecule has 1 saturated heterocycles. The minimum atomic E-state index is -1.40. The van der Waals surface area contributed by atoms with E-state index in [9.17, 15) is 24.0 Å². The molecule has 1 N–H and O–H groups in total. The van der Waals surface area contributed by atoms with Crippen molar-refractivity contribution in [1.82, 2.24) is 10.2 Å². The smallest absolute Gasteiger partial charge is 0.411 e. The predicted octanol–water partition coefficient (Wildman–Crippen LogP) is 2.51. The van der Waals surface area contributed by atoms with Gasteiger partial charge in [-0.2, -0.15) is 0 Å². The third kappa shape index (κ3) is 8.86. The van der Waals surface area contributed by atoms with Gasteiger partial charge in [-0.1, -0.05) is 60.7 Å². The van der Waals surface area contributed by atoms with Crippen LogP contribution in [0.3, 0.4) is 0 Å². The lowest BCUT2D eigenvalue weighted by Gasteiger charge is -2.25. The molecule has 12 heteroatoms. The maximum absolute atomic E-state index is 12.9. The van der Waals surface area contributed by atoms with E-state index in [-0.39, 0.29) is 19.6 Å². The molecule has 0 saturated carbocycles. The summed E-state index contributed by atoms with van der Waals surface area (Å²) in [5.41, 5.74) is 1.02. The molecule has 212 valence electrons. The summed E-state index contributed by atoms with van der Waals surface area (Å²) in [5.74, 6) is -2.43. The Balaban J connectivity index is 1.87. The molecule has 0 unspecified atom stereocenters. The molecule has 2 aromatic carbocycles. The average molecular weight is 555 g/mol. The summed E-state index contributed by atoms with van der Waals surface area (Å²) >= 11 is 0. The Morgan fingerprint density at radius 3 is 2.12 bits per heavy atom. The van der Waals surface area contributed by atoms with Gasteiger partial charge < -0.3 is 23.7 Å². The van der Waals surface area contributed by atoms with Gasteiger partial charge in [0.15, 0.2) is 12.2 Å². The summed E-state index contributed by atoms with van der Waals surface area (Å²) in [7, 11) is 2.17. The fourth-order valence-corrected chi connectivity index (χ4v) is 3.75. The van der Waals surface area contributed by atoms with Gasteiger partial charge in [0.25, 0.3) is 0 Å². The topological polar surface area (TPSA) is 147 Å². The molecule has 2 amide bonds. The highest BCUT2D eigenvalue weighted by atomic mass is 16.6. The Kier molecular flexibility index (Phi) is 10.6. The van der Waals surface area contributed by atoms with Crippen LogP contribution in [0.2, 0.25) is 0 Å². The fraction of sp³-hybridized carbons (Fsp3) is 0.321. The molecule has 0 aromatic heterocycles. The Hall–Kier alpha value is -4.87. The summed E-state index contributed by atoms with van der Waals surface area (Å²) in [6.07, 6.45) is -3.37. The molecule has 1 aliphatic rings. The minimum Gasteiger partial charge on any atom is -0.464 e. The largest absolute Gasteiger partial charge is 0.464 e. The zero-order chi connectivity index (χ0) is 29.1. The number of amides is 2. The van der Waals surface area contributed by atoms with E-state index in [4.69, 9.17) is 18.9 Å². The Labute approximate surface area is 230 Å². The molecule has 0 aliphatic carbocycles. The van der Waals surface area contributed by atoms with E-state index in [0.717, 1.165) is 32.8 Å². The molecular formula is C28H30N2O10. The van der Waals surface area contributed by atoms with E-state index in [1.165, 1.54) is 4.90 Å². The third-order valence-electron chi connectivity index (χ3n) is 5.71. The molecule has 1 fully saturated rings. The second-order valence-corrected chi connectivity index (χ2v) is 8.64. The van der Waals surface area contributed by atoms with Gasteiger partial charge in [0.05, 0.1) is 26.7 Å². The van der Waals surface area contributed by atoms with Crippen LogP contribution in [0.5, 0.6) is 0 Å². The number of carbonyl (C=O) groups is 5. The first-order chi connectivity index (χ1) is 19.2. The molecule has 3 atom stereocenters. The number of methoxy groups -OCH3 is 2. The number of nitrogens with one attached hydrogen (secondary N) is 1. The predicted molar refractivity (Wildman–Crippen MR) is 138 cm³/mol. The lowest BCUT2D eigenvalue weighted by molar-refractivity contribution is -0.163. The van der Waals surface area contributed by atoms with Crippen molar-refractivity contribution >= 4 is 30.1 Å². The number of benzene rings is 2. The summed E-state index contributed by atoms with van der Waals surface area (Å²) in [6.45, 7) is 1.25. The lowest BCUT2D eigenvalue weighted by Crippen LogP contribution is -2.41. The Morgan fingerprint density at radius 2 is 1.55 bits per heavy atom. The second-order valence-electron chi connectivity index (χ2n) is 8.64. The summed E-state index contributed by atoms with van der Waals surface area (Å²) in [6, 6.07) is 17.1. The maximum Gasteiger partial charge on any atom is 0.411 e. The molecule has 0 spiro atoms. The molecule has 0 bridgehead atoms. The van der Waals surface area contributed by atoms with Crippen LogP contribution >= 0.6 is 0 Å². The van der Waals surface area contributed by atoms with Crippen molar-refractivity contribution in [3.8, 4) is 0 Å². The van der Waals surface area contributed by atoms with Crippen LogP contribution in [0.1, 0.15) is 18.1 Å². The van der Waals surface area contributed by atoms with Gasteiger partial charge in [0.1, 0.15) is 12.3 Å². The van der Waals surface area contributed by atoms with E-state index in [0.29, 0.717) is 5.56 Å². The lowest BCUT2D eigenvalue weighted by atomic mass is 10.1. The van der Waals surface area contributed by atoms with Crippen LogP contribution in [0.15, 0.2) is 72.4 Å². The quantitative estimate of drug-likeness (QED) is 0.190. The van der Waals surface area contributed by atoms with Crippen molar-refractivity contribution in [3.63, 3.8) is 0 Å². The van der Waals surface area contributed by atoms with Crippen molar-refractivity contribution < 1.29 is 47.7 Å². The first-order valence-electron chi connectivity index (χ1n) is 12.2. The number of alkyl carbamates (subject to hydrolysis) is 1. The van der Waals surface area contributed by atoms with E-state index in [1.807, 2.05) is 18.2 Å². The van der Waals surface area contributed by atoms with Gasteiger partial charge in [-0.3, -0.25) is 19.8 Å². The Bertz CT molecular complexity index is 1230. The molecule has 2 aromatic rings. The minimum absolute atomic E-state index is 0.0180. The van der Waals surface area contributed by atoms with Crippen molar-refractivity contribution in [2.45, 2.75) is 38.2 Å². The third-order valence-corrected chi connectivity index (χ3v) is 5.71. The molecule has 1 heterocycles. The van der Waals surface area contributed by atoms with Gasteiger partial charge in [0, 0.05) is 13.5 Å². The fourth-order valence-electron chi connectivity index (χ4n) is 3.75. The van der Waals surface area contributed by atoms with Gasteiger partial charge in [-0.05, 0) is 17.2 Å². The van der Waals surface area contributed by atoms with Crippen LogP contribution < -0.4 is 5.32 Å². The van der Waals surface area contributed by atoms with Crippen LogP contribution in [-0.2, 0) is 51.1 Å². The van der Waals surface area contributed by atoms with E-state index in [1.54, 1.807) is 42.5 Å². The van der Waals surface area contributed by atoms with Crippen molar-refractivity contribution in [2.75, 3.05) is 20.8 Å². The molecule has 12 nitrogen and oxygen atoms in total. The van der Waals surface area contributed by atoms with Gasteiger partial charge in [-0.25, -0.2) is 14.4 Å². The van der Waals surface area contributed by atoms with Gasteiger partial charge >= 0.3 is 30.1 Å². The van der Waals surface area contributed by atoms with Crippen LogP contribution in [-0.4, -0.2) is 74.0 Å². The first kappa shape index (κ1) is 29.7. The average Bonchev–Trinajstić information content (AvgIpc) is 3.75. The number of ether oxygens (including phenoxy) is 5. The summed E-state index contributed by atoms with van der Waals surface area (Å²) in [4.78, 5) is 63.2. The summed E-state index contributed by atoms with van der Waals surface area (Å²) in [5, 5.41) is 2.19. The highest BCUT2D eigenvalue weighted by molar-refractivity contribution is 5.92. The number of hydrogen-bond acceptors (Lipinski definition) is 10. The molecule has 1 aliphatic heterocycles. The zero-order valence-electron chi connectivity index (χ0n) is 22.2. The molecule has 3 rings (SSSR count). The normalized spacial score (nSPS) is 15.6. The van der Waals surface area contributed by atoms with Crippen LogP contribution in [0, 0.1) is 0 Å². The number of nitrogens with zero attached hydrogens (tertiary/aromatic N) is 1. The summed E-state index contributed by atoms with van der Waals surface area (Å²) < 4.78 is 25.7. The molecular weight excluding hydrogens is 524 g/mol. The van der Waals surface area contributed by atoms with E-state index in [2.05, 4.69) is 10.1 Å². The molecule has 40 heavy (non-hydrogen) atoms. The SMILES string of the molecule is COC(=O)N/C(=C/[C@@H](OC(C)=O)[C@H](OC(=O)Cc1ccccc1)[C@@H]1CN1C(=O)OCc1ccccc1)C(=O)OC. The van der Waals surface area contributed by atoms with E-state index < -0.39 is 54.0 Å². The van der Waals surface area contributed by atoms with Gasteiger partial charge in [-0.15, -0.1) is 0 Å². The van der Waals surface area contributed by atoms with Gasteiger partial charge in [0.2, 0.25) is 0 Å². The van der Waals surface area contributed by atoms with Crippen molar-refractivity contribution in [1.29, 1.82) is 0 Å². The van der Waals surface area contributed by atoms with Crippen molar-refractivity contribution in [2.24, 2.45) is 0 Å².